The van der Waals surface area contributed by atoms with E-state index in [0.717, 1.165) is 0 Å². The average molecular weight is 134 g/mol. The van der Waals surface area contributed by atoms with Gasteiger partial charge in [-0.05, 0) is 6.92 Å². The molecule has 0 aliphatic carbocycles. The summed E-state index contributed by atoms with van der Waals surface area (Å²) in [6.45, 7) is 1.37. The summed E-state index contributed by atoms with van der Waals surface area (Å²) in [5, 5.41) is 0. The van der Waals surface area contributed by atoms with Crippen LogP contribution in [0.5, 0.6) is 0 Å². The van der Waals surface area contributed by atoms with E-state index in [4.69, 9.17) is 4.55 Å². The summed E-state index contributed by atoms with van der Waals surface area (Å²) in [6.07, 6.45) is 0. The van der Waals surface area contributed by atoms with Crippen LogP contribution in [0.4, 0.5) is 0 Å². The first kappa shape index (κ1) is 10.8. The molecule has 0 radical (unpaired) electrons. The van der Waals surface area contributed by atoms with Gasteiger partial charge in [0.05, 0.1) is 5.75 Å². The Morgan fingerprint density at radius 3 is 1.86 bits per heavy atom. The number of hydrogen-bond acceptors (Lipinski definition) is 2. The van der Waals surface area contributed by atoms with Crippen LogP contribution in [0.2, 0.25) is 0 Å². The SMILES string of the molecule is CCS(=O)(=O)O.[H-].[Na+]. The standard InChI is InChI=1S/C2H6O3S.Na.H/c1-2-6(3,4)5;;/h2H2,1H3,(H,3,4,5);;/q;+1;-1. The van der Waals surface area contributed by atoms with Crippen molar-refractivity contribution in [1.82, 2.24) is 0 Å². The molecule has 0 fully saturated rings. The van der Waals surface area contributed by atoms with Crippen LogP contribution < -0.4 is 29.6 Å². The molecule has 0 heterocycles. The Morgan fingerprint density at radius 1 is 1.71 bits per heavy atom. The summed E-state index contributed by atoms with van der Waals surface area (Å²) in [6, 6.07) is 0. The number of rotatable bonds is 1. The van der Waals surface area contributed by atoms with Gasteiger partial charge in [-0.1, -0.05) is 0 Å². The minimum absolute atomic E-state index is 0. The van der Waals surface area contributed by atoms with Gasteiger partial charge in [0, 0.05) is 0 Å². The molecule has 0 amide bonds. The summed E-state index contributed by atoms with van der Waals surface area (Å²) in [4.78, 5) is 0. The molecular formula is C2H7NaO3S. The van der Waals surface area contributed by atoms with Gasteiger partial charge in [0.15, 0.2) is 0 Å². The molecule has 3 nitrogen and oxygen atoms in total. The molecule has 0 bridgehead atoms. The van der Waals surface area contributed by atoms with Crippen molar-refractivity contribution in [2.75, 3.05) is 5.75 Å². The second kappa shape index (κ2) is 3.86. The van der Waals surface area contributed by atoms with E-state index in [1.165, 1.54) is 6.92 Å². The number of hydrogen-bond donors (Lipinski definition) is 1. The van der Waals surface area contributed by atoms with Crippen LogP contribution in [-0.4, -0.2) is 18.7 Å². The summed E-state index contributed by atoms with van der Waals surface area (Å²) in [5.74, 6) is -0.201. The fourth-order valence-corrected chi connectivity index (χ4v) is 0. The Morgan fingerprint density at radius 2 is 1.86 bits per heavy atom. The van der Waals surface area contributed by atoms with Crippen LogP contribution >= 0.6 is 0 Å². The zero-order chi connectivity index (χ0) is 5.21. The van der Waals surface area contributed by atoms with Gasteiger partial charge in [0.1, 0.15) is 0 Å². The Bertz CT molecular complexity index is 119. The molecule has 1 N–H and O–H groups in total. The molecule has 0 aromatic rings. The van der Waals surface area contributed by atoms with E-state index in [-0.39, 0.29) is 36.7 Å². The fraction of sp³-hybridized carbons (Fsp3) is 1.00. The molecule has 40 valence electrons. The molecule has 0 atom stereocenters. The third-order valence-corrected chi connectivity index (χ3v) is 1.09. The molecule has 0 aliphatic heterocycles. The molecular weight excluding hydrogens is 127 g/mol. The molecule has 0 saturated heterocycles. The van der Waals surface area contributed by atoms with Crippen LogP contribution in [0.25, 0.3) is 0 Å². The first-order chi connectivity index (χ1) is 2.56. The van der Waals surface area contributed by atoms with Gasteiger partial charge in [-0.25, -0.2) is 0 Å². The van der Waals surface area contributed by atoms with Crippen molar-refractivity contribution in [3.8, 4) is 0 Å². The van der Waals surface area contributed by atoms with E-state index in [1.807, 2.05) is 0 Å². The molecule has 7 heavy (non-hydrogen) atoms. The Balaban J connectivity index is -0.000000125. The smallest absolute Gasteiger partial charge is 1.00 e. The van der Waals surface area contributed by atoms with Gasteiger partial charge in [0.25, 0.3) is 10.1 Å². The maximum atomic E-state index is 9.56. The molecule has 0 saturated carbocycles. The molecule has 5 heteroatoms. The largest absolute Gasteiger partial charge is 1.00 e. The normalized spacial score (nSPS) is 10.0. The van der Waals surface area contributed by atoms with Crippen molar-refractivity contribution in [3.05, 3.63) is 0 Å². The van der Waals surface area contributed by atoms with Crippen molar-refractivity contribution in [2.24, 2.45) is 0 Å². The predicted octanol–water partition coefficient (Wildman–Crippen LogP) is -2.99. The molecule has 0 aromatic heterocycles. The third-order valence-electron chi connectivity index (χ3n) is 0.365. The monoisotopic (exact) mass is 134 g/mol. The summed E-state index contributed by atoms with van der Waals surface area (Å²) in [7, 11) is -3.66. The molecule has 0 spiro atoms. The van der Waals surface area contributed by atoms with Gasteiger partial charge in [-0.15, -0.1) is 0 Å². The van der Waals surface area contributed by atoms with Crippen molar-refractivity contribution < 1.29 is 44.0 Å². The van der Waals surface area contributed by atoms with Crippen molar-refractivity contribution in [1.29, 1.82) is 0 Å². The summed E-state index contributed by atoms with van der Waals surface area (Å²) in [5.41, 5.74) is 0. The zero-order valence-electron chi connectivity index (χ0n) is 5.38. The summed E-state index contributed by atoms with van der Waals surface area (Å²) < 4.78 is 26.9. The Hall–Kier alpha value is 0.910. The van der Waals surface area contributed by atoms with E-state index < -0.39 is 10.1 Å². The zero-order valence-corrected chi connectivity index (χ0v) is 7.20. The van der Waals surface area contributed by atoms with E-state index in [2.05, 4.69) is 0 Å². The second-order valence-electron chi connectivity index (χ2n) is 0.871. The molecule has 0 rings (SSSR count). The van der Waals surface area contributed by atoms with E-state index >= 15 is 0 Å². The Kier molecular flexibility index (Phi) is 5.96. The van der Waals surface area contributed by atoms with Gasteiger partial charge in [-0.3, -0.25) is 4.55 Å². The van der Waals surface area contributed by atoms with E-state index in [0.29, 0.717) is 0 Å². The van der Waals surface area contributed by atoms with Crippen LogP contribution in [0, 0.1) is 0 Å². The fourth-order valence-electron chi connectivity index (χ4n) is 0. The van der Waals surface area contributed by atoms with E-state index in [1.54, 1.807) is 0 Å². The van der Waals surface area contributed by atoms with Crippen molar-refractivity contribution >= 4 is 10.1 Å². The first-order valence-corrected chi connectivity index (χ1v) is 3.12. The predicted molar refractivity (Wildman–Crippen MR) is 23.2 cm³/mol. The van der Waals surface area contributed by atoms with Crippen LogP contribution in [0.15, 0.2) is 0 Å². The Labute approximate surface area is 66.6 Å². The van der Waals surface area contributed by atoms with Crippen LogP contribution in [0.3, 0.4) is 0 Å². The van der Waals surface area contributed by atoms with Gasteiger partial charge in [0.2, 0.25) is 0 Å². The second-order valence-corrected chi connectivity index (χ2v) is 2.61. The van der Waals surface area contributed by atoms with Crippen molar-refractivity contribution in [2.45, 2.75) is 6.92 Å². The van der Waals surface area contributed by atoms with Gasteiger partial charge in [-0.2, -0.15) is 8.42 Å². The maximum absolute atomic E-state index is 9.56. The van der Waals surface area contributed by atoms with Crippen molar-refractivity contribution in [3.63, 3.8) is 0 Å². The third kappa shape index (κ3) is 10.9. The first-order valence-electron chi connectivity index (χ1n) is 1.51. The minimum atomic E-state index is -3.66. The quantitative estimate of drug-likeness (QED) is 0.307. The summed E-state index contributed by atoms with van der Waals surface area (Å²) >= 11 is 0. The van der Waals surface area contributed by atoms with E-state index in [9.17, 15) is 8.42 Å². The van der Waals surface area contributed by atoms with Gasteiger partial charge >= 0.3 is 29.6 Å². The van der Waals surface area contributed by atoms with Crippen LogP contribution in [0.1, 0.15) is 8.35 Å². The minimum Gasteiger partial charge on any atom is -1.00 e. The average Bonchev–Trinajstić information content (AvgIpc) is 1.35. The topological polar surface area (TPSA) is 54.4 Å². The molecule has 0 unspecified atom stereocenters. The maximum Gasteiger partial charge on any atom is 1.00 e. The molecule has 0 aliphatic rings. The van der Waals surface area contributed by atoms with Crippen LogP contribution in [-0.2, 0) is 10.1 Å². The molecule has 0 aromatic carbocycles. The van der Waals surface area contributed by atoms with Gasteiger partial charge < -0.3 is 1.43 Å².